The third-order valence-electron chi connectivity index (χ3n) is 3.77. The molecular weight excluding hydrogens is 294 g/mol. The third kappa shape index (κ3) is 3.55. The summed E-state index contributed by atoms with van der Waals surface area (Å²) in [5.74, 6) is 0.758. The van der Waals surface area contributed by atoms with E-state index in [4.69, 9.17) is 0 Å². The van der Waals surface area contributed by atoms with E-state index in [0.717, 1.165) is 12.3 Å². The van der Waals surface area contributed by atoms with Crippen molar-refractivity contribution in [3.8, 4) is 0 Å². The minimum absolute atomic E-state index is 0.176. The fourth-order valence-corrected chi connectivity index (χ4v) is 3.48. The molecule has 2 unspecified atom stereocenters. The van der Waals surface area contributed by atoms with Crippen LogP contribution in [0.3, 0.4) is 0 Å². The molecule has 0 spiro atoms. The van der Waals surface area contributed by atoms with Gasteiger partial charge in [-0.15, -0.1) is 0 Å². The van der Waals surface area contributed by atoms with Crippen LogP contribution in [0.1, 0.15) is 37.7 Å². The topological polar surface area (TPSA) is 43.1 Å². The van der Waals surface area contributed by atoms with E-state index in [1.54, 1.807) is 12.1 Å². The highest BCUT2D eigenvalue weighted by atomic mass is 79.9. The highest BCUT2D eigenvalue weighted by Gasteiger charge is 2.22. The van der Waals surface area contributed by atoms with E-state index in [2.05, 4.69) is 15.9 Å². The lowest BCUT2D eigenvalue weighted by atomic mass is 9.85. The number of hydrogen-bond acceptors (Lipinski definition) is 2. The minimum Gasteiger partial charge on any atom is -0.258 e. The predicted octanol–water partition coefficient (Wildman–Crippen LogP) is 4.48. The van der Waals surface area contributed by atoms with Crippen LogP contribution >= 0.6 is 15.9 Å². The van der Waals surface area contributed by atoms with Gasteiger partial charge >= 0.3 is 0 Å². The van der Waals surface area contributed by atoms with Crippen molar-refractivity contribution < 1.29 is 4.92 Å². The van der Waals surface area contributed by atoms with Gasteiger partial charge in [-0.3, -0.25) is 10.1 Å². The quantitative estimate of drug-likeness (QED) is 0.467. The Hall–Kier alpha value is -0.900. The molecule has 1 aromatic rings. The number of nitro groups is 1. The lowest BCUT2D eigenvalue weighted by Crippen LogP contribution is -2.19. The first-order valence-corrected chi connectivity index (χ1v) is 7.46. The molecule has 1 aromatic carbocycles. The summed E-state index contributed by atoms with van der Waals surface area (Å²) in [6.07, 6.45) is 7.46. The van der Waals surface area contributed by atoms with Crippen molar-refractivity contribution in [3.05, 3.63) is 39.9 Å². The molecular formula is C14H18BrNO2. The SMILES string of the molecule is O=[N+]([O-])c1ccc(CCC2CCCCC2Br)cc1. The number of rotatable bonds is 4. The van der Waals surface area contributed by atoms with E-state index >= 15 is 0 Å². The van der Waals surface area contributed by atoms with Crippen molar-refractivity contribution in [3.63, 3.8) is 0 Å². The summed E-state index contributed by atoms with van der Waals surface area (Å²) in [5, 5.41) is 10.6. The molecule has 2 atom stereocenters. The molecule has 0 radical (unpaired) electrons. The number of halogens is 1. The second-order valence-electron chi connectivity index (χ2n) is 5.02. The first-order chi connectivity index (χ1) is 8.66. The van der Waals surface area contributed by atoms with Crippen LogP contribution in [-0.4, -0.2) is 9.75 Å². The maximum Gasteiger partial charge on any atom is 0.269 e. The van der Waals surface area contributed by atoms with Crippen molar-refractivity contribution in [1.29, 1.82) is 0 Å². The Morgan fingerprint density at radius 3 is 2.50 bits per heavy atom. The molecule has 1 fully saturated rings. The van der Waals surface area contributed by atoms with Gasteiger partial charge in [-0.2, -0.15) is 0 Å². The lowest BCUT2D eigenvalue weighted by Gasteiger charge is -2.27. The number of non-ortho nitro benzene ring substituents is 1. The first-order valence-electron chi connectivity index (χ1n) is 6.54. The van der Waals surface area contributed by atoms with E-state index in [0.29, 0.717) is 4.83 Å². The summed E-state index contributed by atoms with van der Waals surface area (Å²) < 4.78 is 0. The zero-order chi connectivity index (χ0) is 13.0. The molecule has 0 bridgehead atoms. The Balaban J connectivity index is 1.87. The van der Waals surface area contributed by atoms with Crippen LogP contribution in [0.4, 0.5) is 5.69 Å². The number of hydrogen-bond donors (Lipinski definition) is 0. The van der Waals surface area contributed by atoms with E-state index in [1.165, 1.54) is 37.7 Å². The fraction of sp³-hybridized carbons (Fsp3) is 0.571. The summed E-state index contributed by atoms with van der Waals surface area (Å²) in [7, 11) is 0. The number of nitro benzene ring substituents is 1. The summed E-state index contributed by atoms with van der Waals surface area (Å²) in [5.41, 5.74) is 1.38. The highest BCUT2D eigenvalue weighted by Crippen LogP contribution is 2.33. The van der Waals surface area contributed by atoms with Crippen LogP contribution in [0.5, 0.6) is 0 Å². The predicted molar refractivity (Wildman–Crippen MR) is 76.1 cm³/mol. The van der Waals surface area contributed by atoms with Crippen molar-refractivity contribution in [2.45, 2.75) is 43.4 Å². The molecule has 1 saturated carbocycles. The number of alkyl halides is 1. The summed E-state index contributed by atoms with van der Waals surface area (Å²) in [4.78, 5) is 10.9. The maximum atomic E-state index is 10.6. The van der Waals surface area contributed by atoms with Gasteiger partial charge in [0.25, 0.3) is 5.69 Å². The molecule has 0 aliphatic heterocycles. The van der Waals surface area contributed by atoms with Gasteiger partial charge in [-0.1, -0.05) is 40.9 Å². The Morgan fingerprint density at radius 1 is 1.22 bits per heavy atom. The second kappa shape index (κ2) is 6.32. The molecule has 0 aromatic heterocycles. The van der Waals surface area contributed by atoms with Crippen LogP contribution in [0.25, 0.3) is 0 Å². The minimum atomic E-state index is -0.348. The van der Waals surface area contributed by atoms with E-state index in [1.807, 2.05) is 12.1 Å². The molecule has 2 rings (SSSR count). The Labute approximate surface area is 116 Å². The monoisotopic (exact) mass is 311 g/mol. The number of nitrogens with zero attached hydrogens (tertiary/aromatic N) is 1. The molecule has 1 aliphatic carbocycles. The van der Waals surface area contributed by atoms with E-state index in [-0.39, 0.29) is 10.6 Å². The molecule has 0 heterocycles. The highest BCUT2D eigenvalue weighted by molar-refractivity contribution is 9.09. The van der Waals surface area contributed by atoms with Crippen LogP contribution in [0.15, 0.2) is 24.3 Å². The maximum absolute atomic E-state index is 10.6. The molecule has 3 nitrogen and oxygen atoms in total. The normalized spacial score (nSPS) is 23.8. The van der Waals surface area contributed by atoms with Crippen molar-refractivity contribution in [1.82, 2.24) is 0 Å². The van der Waals surface area contributed by atoms with Gasteiger partial charge in [0.2, 0.25) is 0 Å². The fourth-order valence-electron chi connectivity index (χ4n) is 2.62. The van der Waals surface area contributed by atoms with E-state index in [9.17, 15) is 10.1 Å². The van der Waals surface area contributed by atoms with Gasteiger partial charge in [0.05, 0.1) is 4.92 Å². The van der Waals surface area contributed by atoms with E-state index < -0.39 is 0 Å². The number of aryl methyl sites for hydroxylation is 1. The zero-order valence-corrected chi connectivity index (χ0v) is 11.9. The van der Waals surface area contributed by atoms with Gasteiger partial charge < -0.3 is 0 Å². The Kier molecular flexibility index (Phi) is 4.75. The van der Waals surface area contributed by atoms with Crippen LogP contribution in [-0.2, 0) is 6.42 Å². The Morgan fingerprint density at radius 2 is 1.89 bits per heavy atom. The molecule has 0 amide bonds. The summed E-state index contributed by atoms with van der Waals surface area (Å²) >= 11 is 3.77. The van der Waals surface area contributed by atoms with Gasteiger partial charge in [-0.05, 0) is 37.2 Å². The third-order valence-corrected chi connectivity index (χ3v) is 4.97. The number of benzene rings is 1. The lowest BCUT2D eigenvalue weighted by molar-refractivity contribution is -0.384. The van der Waals surface area contributed by atoms with Crippen LogP contribution < -0.4 is 0 Å². The average molecular weight is 312 g/mol. The molecule has 1 aliphatic rings. The van der Waals surface area contributed by atoms with Gasteiger partial charge in [0.15, 0.2) is 0 Å². The van der Waals surface area contributed by atoms with Crippen LogP contribution in [0, 0.1) is 16.0 Å². The molecule has 98 valence electrons. The van der Waals surface area contributed by atoms with Crippen molar-refractivity contribution in [2.24, 2.45) is 5.92 Å². The molecule has 0 N–H and O–H groups in total. The van der Waals surface area contributed by atoms with Gasteiger partial charge in [0, 0.05) is 17.0 Å². The standard InChI is InChI=1S/C14H18BrNO2/c15-14-4-2-1-3-12(14)8-5-11-6-9-13(10-7-11)16(17)18/h6-7,9-10,12,14H,1-5,8H2. The molecule has 4 heteroatoms. The first kappa shape index (κ1) is 13.5. The molecule has 0 saturated heterocycles. The largest absolute Gasteiger partial charge is 0.269 e. The summed E-state index contributed by atoms with van der Waals surface area (Å²) in [6, 6.07) is 6.96. The van der Waals surface area contributed by atoms with Gasteiger partial charge in [-0.25, -0.2) is 0 Å². The zero-order valence-electron chi connectivity index (χ0n) is 10.3. The van der Waals surface area contributed by atoms with Crippen molar-refractivity contribution in [2.75, 3.05) is 0 Å². The second-order valence-corrected chi connectivity index (χ2v) is 6.20. The van der Waals surface area contributed by atoms with Crippen molar-refractivity contribution >= 4 is 21.6 Å². The average Bonchev–Trinajstić information content (AvgIpc) is 2.38. The van der Waals surface area contributed by atoms with Gasteiger partial charge in [0.1, 0.15) is 0 Å². The van der Waals surface area contributed by atoms with Crippen LogP contribution in [0.2, 0.25) is 0 Å². The summed E-state index contributed by atoms with van der Waals surface area (Å²) in [6.45, 7) is 0. The Bertz CT molecular complexity index is 405. The molecule has 18 heavy (non-hydrogen) atoms. The smallest absolute Gasteiger partial charge is 0.258 e.